The summed E-state index contributed by atoms with van der Waals surface area (Å²) in [6.07, 6.45) is 5.02. The highest BCUT2D eigenvalue weighted by Crippen LogP contribution is 2.18. The number of fused-ring (bicyclic) bond motifs is 1. The van der Waals surface area contributed by atoms with E-state index in [0.717, 1.165) is 13.0 Å². The van der Waals surface area contributed by atoms with Gasteiger partial charge in [-0.2, -0.15) is 5.26 Å². The lowest BCUT2D eigenvalue weighted by atomic mass is 10.1. The quantitative estimate of drug-likeness (QED) is 0.918. The maximum atomic E-state index is 12.5. The van der Waals surface area contributed by atoms with Crippen molar-refractivity contribution >= 4 is 10.9 Å². The largest absolute Gasteiger partial charge is 0.321 e. The fourth-order valence-corrected chi connectivity index (χ4v) is 3.13. The molecule has 2 aromatic rings. The normalized spacial score (nSPS) is 18.6. The highest BCUT2D eigenvalue weighted by molar-refractivity contribution is 5.78. The fraction of sp³-hybridized carbons (Fsp3) is 0.438. The zero-order valence-electron chi connectivity index (χ0n) is 12.5. The van der Waals surface area contributed by atoms with E-state index in [4.69, 9.17) is 5.26 Å². The second-order valence-electron chi connectivity index (χ2n) is 5.83. The van der Waals surface area contributed by atoms with E-state index < -0.39 is 5.56 Å². The molecule has 3 rings (SSSR count). The van der Waals surface area contributed by atoms with Crippen molar-refractivity contribution in [2.24, 2.45) is 0 Å². The number of rotatable bonds is 3. The standard InChI is InChI=1S/C16H18N4O2/c1-19-6-2-3-12(19)4-7-20-8-5-14-13(16(20)22)9-11(10-17)15(21)18-14/h5,8-9,12H,2-4,6-7H2,1H3,(H,18,21). The second kappa shape index (κ2) is 5.78. The molecule has 1 aliphatic rings. The summed E-state index contributed by atoms with van der Waals surface area (Å²) in [5, 5.41) is 9.32. The first-order valence-corrected chi connectivity index (χ1v) is 7.47. The molecule has 0 spiro atoms. The van der Waals surface area contributed by atoms with Gasteiger partial charge in [0, 0.05) is 18.8 Å². The van der Waals surface area contributed by atoms with E-state index in [1.165, 1.54) is 18.9 Å². The Labute approximate surface area is 127 Å². The van der Waals surface area contributed by atoms with E-state index in [9.17, 15) is 9.59 Å². The number of aromatic nitrogens is 2. The number of H-pyrrole nitrogens is 1. The van der Waals surface area contributed by atoms with Crippen LogP contribution in [0.3, 0.4) is 0 Å². The number of nitrogens with zero attached hydrogens (tertiary/aromatic N) is 3. The molecule has 114 valence electrons. The Balaban J connectivity index is 1.93. The molecule has 6 heteroatoms. The van der Waals surface area contributed by atoms with E-state index in [-0.39, 0.29) is 11.1 Å². The minimum Gasteiger partial charge on any atom is -0.321 e. The summed E-state index contributed by atoms with van der Waals surface area (Å²) in [4.78, 5) is 29.0. The van der Waals surface area contributed by atoms with Gasteiger partial charge in [-0.3, -0.25) is 9.59 Å². The number of hydrogen-bond acceptors (Lipinski definition) is 4. The molecule has 1 atom stereocenters. The van der Waals surface area contributed by atoms with E-state index in [0.29, 0.717) is 23.5 Å². The van der Waals surface area contributed by atoms with Gasteiger partial charge in [0.15, 0.2) is 0 Å². The van der Waals surface area contributed by atoms with E-state index in [2.05, 4.69) is 16.9 Å². The monoisotopic (exact) mass is 298 g/mol. The van der Waals surface area contributed by atoms with Crippen LogP contribution in [-0.2, 0) is 6.54 Å². The SMILES string of the molecule is CN1CCCC1CCn1ccc2[nH]c(=O)c(C#N)cc2c1=O. The maximum absolute atomic E-state index is 12.5. The molecule has 0 aliphatic carbocycles. The number of likely N-dealkylation sites (tertiary alicyclic amines) is 1. The van der Waals surface area contributed by atoms with Gasteiger partial charge in [0.05, 0.1) is 10.9 Å². The first kappa shape index (κ1) is 14.5. The van der Waals surface area contributed by atoms with Gasteiger partial charge in [0.25, 0.3) is 11.1 Å². The van der Waals surface area contributed by atoms with Gasteiger partial charge in [0.1, 0.15) is 11.6 Å². The molecule has 0 bridgehead atoms. The van der Waals surface area contributed by atoms with Crippen molar-refractivity contribution in [2.75, 3.05) is 13.6 Å². The van der Waals surface area contributed by atoms with Gasteiger partial charge in [-0.1, -0.05) is 0 Å². The first-order valence-electron chi connectivity index (χ1n) is 7.47. The van der Waals surface area contributed by atoms with Crippen molar-refractivity contribution in [2.45, 2.75) is 31.8 Å². The number of pyridine rings is 2. The highest BCUT2D eigenvalue weighted by Gasteiger charge is 2.20. The van der Waals surface area contributed by atoms with Gasteiger partial charge in [-0.25, -0.2) is 0 Å². The molecule has 22 heavy (non-hydrogen) atoms. The van der Waals surface area contributed by atoms with Crippen LogP contribution >= 0.6 is 0 Å². The van der Waals surface area contributed by atoms with Crippen LogP contribution in [0.4, 0.5) is 0 Å². The molecule has 0 radical (unpaired) electrons. The average Bonchev–Trinajstić information content (AvgIpc) is 2.91. The third-order valence-corrected chi connectivity index (χ3v) is 4.48. The lowest BCUT2D eigenvalue weighted by Crippen LogP contribution is -2.29. The maximum Gasteiger partial charge on any atom is 0.266 e. The second-order valence-corrected chi connectivity index (χ2v) is 5.83. The Bertz CT molecular complexity index is 859. The summed E-state index contributed by atoms with van der Waals surface area (Å²) >= 11 is 0. The van der Waals surface area contributed by atoms with Crippen molar-refractivity contribution < 1.29 is 0 Å². The summed E-state index contributed by atoms with van der Waals surface area (Å²) in [5.41, 5.74) is -0.174. The number of hydrogen-bond donors (Lipinski definition) is 1. The van der Waals surface area contributed by atoms with Crippen molar-refractivity contribution in [3.05, 3.63) is 44.6 Å². The summed E-state index contributed by atoms with van der Waals surface area (Å²) in [7, 11) is 2.12. The van der Waals surface area contributed by atoms with Crippen LogP contribution in [0.15, 0.2) is 27.9 Å². The predicted octanol–water partition coefficient (Wildman–Crippen LogP) is 1.05. The Morgan fingerprint density at radius 2 is 2.27 bits per heavy atom. The molecule has 0 aromatic carbocycles. The topological polar surface area (TPSA) is 81.9 Å². The number of nitrogens with one attached hydrogen (secondary N) is 1. The van der Waals surface area contributed by atoms with Gasteiger partial charge < -0.3 is 14.5 Å². The summed E-state index contributed by atoms with van der Waals surface area (Å²) in [6.45, 7) is 1.76. The molecule has 1 fully saturated rings. The Kier molecular flexibility index (Phi) is 3.82. The minimum absolute atomic E-state index is 0.0297. The highest BCUT2D eigenvalue weighted by atomic mass is 16.1. The van der Waals surface area contributed by atoms with Crippen LogP contribution in [-0.4, -0.2) is 34.1 Å². The van der Waals surface area contributed by atoms with Crippen molar-refractivity contribution in [3.63, 3.8) is 0 Å². The molecule has 2 aromatic heterocycles. The van der Waals surface area contributed by atoms with Crippen LogP contribution in [0.1, 0.15) is 24.8 Å². The molecule has 0 saturated carbocycles. The molecule has 1 N–H and O–H groups in total. The lowest BCUT2D eigenvalue weighted by Gasteiger charge is -2.19. The minimum atomic E-state index is -0.459. The number of aryl methyl sites for hydroxylation is 1. The van der Waals surface area contributed by atoms with Crippen LogP contribution in [0.2, 0.25) is 0 Å². The van der Waals surface area contributed by atoms with E-state index in [1.807, 2.05) is 6.07 Å². The Hall–Kier alpha value is -2.39. The molecular formula is C16H18N4O2. The molecular weight excluding hydrogens is 280 g/mol. The molecule has 1 saturated heterocycles. The molecule has 1 unspecified atom stereocenters. The van der Waals surface area contributed by atoms with Gasteiger partial charge >= 0.3 is 0 Å². The smallest absolute Gasteiger partial charge is 0.266 e. The fourth-order valence-electron chi connectivity index (χ4n) is 3.13. The predicted molar refractivity (Wildman–Crippen MR) is 83.8 cm³/mol. The summed E-state index contributed by atoms with van der Waals surface area (Å²) < 4.78 is 1.66. The molecule has 3 heterocycles. The number of nitriles is 1. The van der Waals surface area contributed by atoms with Gasteiger partial charge in [-0.15, -0.1) is 0 Å². The lowest BCUT2D eigenvalue weighted by molar-refractivity contribution is 0.285. The van der Waals surface area contributed by atoms with E-state index >= 15 is 0 Å². The third kappa shape index (κ3) is 2.55. The van der Waals surface area contributed by atoms with Gasteiger partial charge in [-0.05, 0) is 45.0 Å². The zero-order chi connectivity index (χ0) is 15.7. The number of aromatic amines is 1. The van der Waals surface area contributed by atoms with Gasteiger partial charge in [0.2, 0.25) is 0 Å². The summed E-state index contributed by atoms with van der Waals surface area (Å²) in [6, 6.07) is 5.44. The Morgan fingerprint density at radius 3 is 2.95 bits per heavy atom. The van der Waals surface area contributed by atoms with Crippen LogP contribution in [0.5, 0.6) is 0 Å². The molecule has 1 aliphatic heterocycles. The Morgan fingerprint density at radius 1 is 1.45 bits per heavy atom. The van der Waals surface area contributed by atoms with Crippen LogP contribution in [0, 0.1) is 11.3 Å². The third-order valence-electron chi connectivity index (χ3n) is 4.48. The first-order chi connectivity index (χ1) is 10.6. The zero-order valence-corrected chi connectivity index (χ0v) is 12.5. The molecule has 6 nitrogen and oxygen atoms in total. The van der Waals surface area contributed by atoms with Crippen molar-refractivity contribution in [1.82, 2.24) is 14.5 Å². The summed E-state index contributed by atoms with van der Waals surface area (Å²) in [5.74, 6) is 0. The average molecular weight is 298 g/mol. The van der Waals surface area contributed by atoms with Crippen LogP contribution < -0.4 is 11.1 Å². The van der Waals surface area contributed by atoms with Crippen molar-refractivity contribution in [3.8, 4) is 6.07 Å². The van der Waals surface area contributed by atoms with Crippen molar-refractivity contribution in [1.29, 1.82) is 5.26 Å². The molecule has 0 amide bonds. The van der Waals surface area contributed by atoms with E-state index in [1.54, 1.807) is 16.8 Å². The van der Waals surface area contributed by atoms with Crippen LogP contribution in [0.25, 0.3) is 10.9 Å².